The molecule has 1 saturated heterocycles. The molecule has 1 aliphatic heterocycles. The van der Waals surface area contributed by atoms with Crippen LogP contribution in [0.3, 0.4) is 0 Å². The Labute approximate surface area is 224 Å². The first-order valence-electron chi connectivity index (χ1n) is 11.3. The lowest BCUT2D eigenvalue weighted by atomic mass is 10.0. The van der Waals surface area contributed by atoms with Crippen LogP contribution in [-0.2, 0) is 4.74 Å². The largest absolute Gasteiger partial charge is 0.490 e. The van der Waals surface area contributed by atoms with Crippen molar-refractivity contribution < 1.29 is 9.47 Å². The van der Waals surface area contributed by atoms with Crippen LogP contribution in [0.5, 0.6) is 5.75 Å². The van der Waals surface area contributed by atoms with Crippen LogP contribution in [0.1, 0.15) is 23.5 Å². The van der Waals surface area contributed by atoms with Gasteiger partial charge in [-0.3, -0.25) is 4.98 Å². The van der Waals surface area contributed by atoms with Gasteiger partial charge in [-0.15, -0.1) is 0 Å². The van der Waals surface area contributed by atoms with Crippen molar-refractivity contribution in [2.24, 2.45) is 0 Å². The van der Waals surface area contributed by atoms with Gasteiger partial charge < -0.3 is 24.3 Å². The van der Waals surface area contributed by atoms with Crippen LogP contribution in [0.25, 0.3) is 5.82 Å². The average molecular weight is 540 g/mol. The molecule has 0 bridgehead atoms. The molecule has 7 nitrogen and oxygen atoms in total. The molecule has 10 heteroatoms. The standard InChI is InChI=1S/C26H23Cl2N5O2S/c1-34-13-14-35-22-9-8-18(15-19(22)28)33-25(24(31-26(33)36)20-5-2-3-11-29-20)21-6-4-12-32(21)23-10-7-17(27)16-30-23/h2-12,15-16,24-25H,13-14H2,1H3,(H,31,36). The Morgan fingerprint density at radius 1 is 1.03 bits per heavy atom. The summed E-state index contributed by atoms with van der Waals surface area (Å²) in [5.74, 6) is 1.33. The van der Waals surface area contributed by atoms with Gasteiger partial charge >= 0.3 is 0 Å². The second-order valence-corrected chi connectivity index (χ2v) is 9.32. The Balaban J connectivity index is 1.58. The number of halogens is 2. The number of ether oxygens (including phenoxy) is 2. The van der Waals surface area contributed by atoms with Gasteiger partial charge in [-0.25, -0.2) is 4.98 Å². The molecule has 0 amide bonds. The zero-order valence-corrected chi connectivity index (χ0v) is 21.7. The fraction of sp³-hybridized carbons (Fsp3) is 0.192. The smallest absolute Gasteiger partial charge is 0.174 e. The molecule has 1 aromatic carbocycles. The fourth-order valence-electron chi connectivity index (χ4n) is 4.28. The van der Waals surface area contributed by atoms with Crippen LogP contribution < -0.4 is 15.0 Å². The van der Waals surface area contributed by atoms with Gasteiger partial charge in [0.25, 0.3) is 0 Å². The molecule has 2 unspecified atom stereocenters. The molecule has 184 valence electrons. The number of rotatable bonds is 8. The average Bonchev–Trinajstić information content (AvgIpc) is 3.50. The van der Waals surface area contributed by atoms with E-state index < -0.39 is 0 Å². The first kappa shape index (κ1) is 24.5. The van der Waals surface area contributed by atoms with E-state index in [9.17, 15) is 0 Å². The summed E-state index contributed by atoms with van der Waals surface area (Å²) in [5.41, 5.74) is 2.68. The van der Waals surface area contributed by atoms with Crippen LogP contribution in [0.15, 0.2) is 79.3 Å². The van der Waals surface area contributed by atoms with E-state index in [0.717, 1.165) is 22.9 Å². The Morgan fingerprint density at radius 3 is 2.64 bits per heavy atom. The zero-order valence-electron chi connectivity index (χ0n) is 19.3. The molecule has 5 rings (SSSR count). The summed E-state index contributed by atoms with van der Waals surface area (Å²) in [5, 5.41) is 5.10. The third-order valence-electron chi connectivity index (χ3n) is 5.88. The van der Waals surface area contributed by atoms with Crippen molar-refractivity contribution in [3.8, 4) is 11.6 Å². The molecular weight excluding hydrogens is 517 g/mol. The molecular formula is C26H23Cl2N5O2S. The molecule has 1 aliphatic rings. The number of nitrogens with one attached hydrogen (secondary N) is 1. The van der Waals surface area contributed by atoms with Gasteiger partial charge in [-0.1, -0.05) is 29.3 Å². The normalized spacial score (nSPS) is 17.3. The van der Waals surface area contributed by atoms with E-state index in [1.807, 2.05) is 65.4 Å². The molecule has 1 N–H and O–H groups in total. The topological polar surface area (TPSA) is 64.4 Å². The number of hydrogen-bond donors (Lipinski definition) is 1. The molecule has 36 heavy (non-hydrogen) atoms. The summed E-state index contributed by atoms with van der Waals surface area (Å²) in [7, 11) is 1.63. The number of thiocarbonyl (C=S) groups is 1. The maximum absolute atomic E-state index is 6.61. The molecule has 3 aromatic heterocycles. The quantitative estimate of drug-likeness (QED) is 0.225. The summed E-state index contributed by atoms with van der Waals surface area (Å²) in [6.45, 7) is 0.882. The van der Waals surface area contributed by atoms with Gasteiger partial charge in [0.1, 0.15) is 24.2 Å². The Morgan fingerprint density at radius 2 is 1.92 bits per heavy atom. The molecule has 4 aromatic rings. The molecule has 0 radical (unpaired) electrons. The maximum Gasteiger partial charge on any atom is 0.174 e. The van der Waals surface area contributed by atoms with Gasteiger partial charge in [0.15, 0.2) is 5.11 Å². The number of pyridine rings is 2. The molecule has 0 aliphatic carbocycles. The Bertz CT molecular complexity index is 1350. The van der Waals surface area contributed by atoms with E-state index >= 15 is 0 Å². The van der Waals surface area contributed by atoms with Gasteiger partial charge in [0.05, 0.1) is 28.4 Å². The van der Waals surface area contributed by atoms with Crippen molar-refractivity contribution in [3.63, 3.8) is 0 Å². The minimum atomic E-state index is -0.240. The number of benzene rings is 1. The summed E-state index contributed by atoms with van der Waals surface area (Å²) in [6.07, 6.45) is 5.39. The van der Waals surface area contributed by atoms with E-state index in [1.165, 1.54) is 0 Å². The molecule has 2 atom stereocenters. The van der Waals surface area contributed by atoms with Crippen LogP contribution in [-0.4, -0.2) is 40.0 Å². The lowest BCUT2D eigenvalue weighted by Gasteiger charge is -2.29. The maximum atomic E-state index is 6.61. The van der Waals surface area contributed by atoms with Crippen molar-refractivity contribution in [2.75, 3.05) is 25.2 Å². The minimum Gasteiger partial charge on any atom is -0.490 e. The number of aromatic nitrogens is 3. The van der Waals surface area contributed by atoms with Gasteiger partial charge in [0.2, 0.25) is 0 Å². The van der Waals surface area contributed by atoms with E-state index in [-0.39, 0.29) is 12.1 Å². The van der Waals surface area contributed by atoms with E-state index in [2.05, 4.69) is 26.3 Å². The second kappa shape index (κ2) is 10.8. The van der Waals surface area contributed by atoms with Crippen LogP contribution in [0, 0.1) is 0 Å². The Kier molecular flexibility index (Phi) is 7.38. The van der Waals surface area contributed by atoms with Crippen LogP contribution in [0.4, 0.5) is 5.69 Å². The lowest BCUT2D eigenvalue weighted by molar-refractivity contribution is 0.146. The molecule has 4 heterocycles. The lowest BCUT2D eigenvalue weighted by Crippen LogP contribution is -2.30. The zero-order chi connectivity index (χ0) is 25.1. The highest BCUT2D eigenvalue weighted by Gasteiger charge is 2.42. The fourth-order valence-corrected chi connectivity index (χ4v) is 4.97. The van der Waals surface area contributed by atoms with Crippen molar-refractivity contribution in [2.45, 2.75) is 12.1 Å². The third-order valence-corrected chi connectivity index (χ3v) is 6.71. The Hall–Kier alpha value is -3.17. The third kappa shape index (κ3) is 4.90. The van der Waals surface area contributed by atoms with Crippen molar-refractivity contribution >= 4 is 46.2 Å². The summed E-state index contributed by atoms with van der Waals surface area (Å²) in [4.78, 5) is 11.2. The van der Waals surface area contributed by atoms with Crippen molar-refractivity contribution in [1.29, 1.82) is 0 Å². The highest BCUT2D eigenvalue weighted by Crippen LogP contribution is 2.43. The predicted molar refractivity (Wildman–Crippen MR) is 145 cm³/mol. The number of methoxy groups -OCH3 is 1. The van der Waals surface area contributed by atoms with Crippen molar-refractivity contribution in [1.82, 2.24) is 19.9 Å². The summed E-state index contributed by atoms with van der Waals surface area (Å²) >= 11 is 18.5. The first-order valence-corrected chi connectivity index (χ1v) is 12.4. The first-order chi connectivity index (χ1) is 17.6. The van der Waals surface area contributed by atoms with Gasteiger partial charge in [-0.2, -0.15) is 0 Å². The summed E-state index contributed by atoms with van der Waals surface area (Å²) < 4.78 is 12.8. The molecule has 0 spiro atoms. The number of hydrogen-bond acceptors (Lipinski definition) is 5. The van der Waals surface area contributed by atoms with Crippen LogP contribution >= 0.6 is 35.4 Å². The predicted octanol–water partition coefficient (Wildman–Crippen LogP) is 5.78. The highest BCUT2D eigenvalue weighted by atomic mass is 35.5. The second-order valence-electron chi connectivity index (χ2n) is 8.09. The summed E-state index contributed by atoms with van der Waals surface area (Å²) in [6, 6.07) is 18.8. The highest BCUT2D eigenvalue weighted by molar-refractivity contribution is 7.80. The van der Waals surface area contributed by atoms with Gasteiger partial charge in [0, 0.05) is 37.1 Å². The van der Waals surface area contributed by atoms with Gasteiger partial charge in [-0.05, 0) is 66.8 Å². The van der Waals surface area contributed by atoms with Crippen LogP contribution in [0.2, 0.25) is 10.0 Å². The molecule has 0 saturated carbocycles. The van der Waals surface area contributed by atoms with E-state index in [0.29, 0.717) is 34.1 Å². The monoisotopic (exact) mass is 539 g/mol. The van der Waals surface area contributed by atoms with E-state index in [4.69, 9.17) is 44.9 Å². The SMILES string of the molecule is COCCOc1ccc(N2C(=S)NC(c3ccccn3)C2c2cccn2-c2ccc(Cl)cn2)cc1Cl. The molecule has 1 fully saturated rings. The van der Waals surface area contributed by atoms with Crippen molar-refractivity contribution in [3.05, 3.63) is 101 Å². The van der Waals surface area contributed by atoms with E-state index in [1.54, 1.807) is 19.5 Å². The number of nitrogens with zero attached hydrogens (tertiary/aromatic N) is 4. The minimum absolute atomic E-state index is 0.212. The number of anilines is 1.